The Labute approximate surface area is 125 Å². The summed E-state index contributed by atoms with van der Waals surface area (Å²) < 4.78 is 10.5. The van der Waals surface area contributed by atoms with Crippen molar-refractivity contribution >= 4 is 23.4 Å². The molecule has 0 aliphatic rings. The van der Waals surface area contributed by atoms with E-state index in [1.54, 1.807) is 14.2 Å². The summed E-state index contributed by atoms with van der Waals surface area (Å²) in [5, 5.41) is 4.00. The number of thioether (sulfide) groups is 1. The number of benzene rings is 1. The highest BCUT2D eigenvalue weighted by Crippen LogP contribution is 2.35. The molecule has 0 heterocycles. The van der Waals surface area contributed by atoms with E-state index in [4.69, 9.17) is 21.1 Å². The molecule has 0 aliphatic heterocycles. The molecule has 0 radical (unpaired) electrons. The first-order valence-electron chi connectivity index (χ1n) is 6.33. The van der Waals surface area contributed by atoms with Gasteiger partial charge in [-0.3, -0.25) is 0 Å². The Morgan fingerprint density at radius 3 is 2.63 bits per heavy atom. The van der Waals surface area contributed by atoms with Crippen molar-refractivity contribution < 1.29 is 9.47 Å². The van der Waals surface area contributed by atoms with Gasteiger partial charge in [-0.25, -0.2) is 0 Å². The van der Waals surface area contributed by atoms with Crippen molar-refractivity contribution in [2.75, 3.05) is 32.8 Å². The van der Waals surface area contributed by atoms with Crippen LogP contribution in [0.2, 0.25) is 5.02 Å². The molecule has 0 saturated carbocycles. The topological polar surface area (TPSA) is 30.5 Å². The molecule has 0 unspecified atom stereocenters. The van der Waals surface area contributed by atoms with Gasteiger partial charge in [-0.15, -0.1) is 0 Å². The predicted molar refractivity (Wildman–Crippen MR) is 83.9 cm³/mol. The van der Waals surface area contributed by atoms with Crippen molar-refractivity contribution in [2.45, 2.75) is 19.4 Å². The lowest BCUT2D eigenvalue weighted by molar-refractivity contribution is 0.354. The second kappa shape index (κ2) is 9.34. The Morgan fingerprint density at radius 2 is 2.00 bits per heavy atom. The first kappa shape index (κ1) is 16.5. The fraction of sp³-hybridized carbons (Fsp3) is 0.571. The van der Waals surface area contributed by atoms with Gasteiger partial charge in [0.2, 0.25) is 0 Å². The lowest BCUT2D eigenvalue weighted by Gasteiger charge is -2.12. The average molecular weight is 304 g/mol. The molecule has 0 bridgehead atoms. The Hall–Kier alpha value is -0.580. The van der Waals surface area contributed by atoms with Gasteiger partial charge in [0.1, 0.15) is 0 Å². The van der Waals surface area contributed by atoms with Crippen LogP contribution >= 0.6 is 23.4 Å². The number of hydrogen-bond acceptors (Lipinski definition) is 4. The minimum atomic E-state index is 0.584. The SMILES string of the molecule is COc1cc(CNCCCCSC)cc(Cl)c1OC. The van der Waals surface area contributed by atoms with Crippen LogP contribution in [0.25, 0.3) is 0 Å². The molecule has 108 valence electrons. The molecule has 0 fully saturated rings. The van der Waals surface area contributed by atoms with E-state index in [1.165, 1.54) is 18.6 Å². The van der Waals surface area contributed by atoms with E-state index >= 15 is 0 Å². The first-order chi connectivity index (χ1) is 9.22. The Bertz CT molecular complexity index is 388. The normalized spacial score (nSPS) is 10.5. The molecule has 0 saturated heterocycles. The van der Waals surface area contributed by atoms with Crippen molar-refractivity contribution in [1.29, 1.82) is 0 Å². The van der Waals surface area contributed by atoms with Crippen LogP contribution in [0.5, 0.6) is 11.5 Å². The average Bonchev–Trinajstić information content (AvgIpc) is 2.42. The Morgan fingerprint density at radius 1 is 1.21 bits per heavy atom. The number of nitrogens with one attached hydrogen (secondary N) is 1. The van der Waals surface area contributed by atoms with Crippen molar-refractivity contribution in [3.05, 3.63) is 22.7 Å². The van der Waals surface area contributed by atoms with Crippen LogP contribution in [0.3, 0.4) is 0 Å². The van der Waals surface area contributed by atoms with E-state index in [2.05, 4.69) is 11.6 Å². The second-order valence-electron chi connectivity index (χ2n) is 4.19. The maximum Gasteiger partial charge on any atom is 0.179 e. The van der Waals surface area contributed by atoms with E-state index in [1.807, 2.05) is 23.9 Å². The van der Waals surface area contributed by atoms with Gasteiger partial charge in [0.25, 0.3) is 0 Å². The molecule has 5 heteroatoms. The molecule has 0 aliphatic carbocycles. The van der Waals surface area contributed by atoms with Gasteiger partial charge in [-0.1, -0.05) is 11.6 Å². The molecule has 0 aromatic heterocycles. The van der Waals surface area contributed by atoms with Crippen LogP contribution in [0.4, 0.5) is 0 Å². The summed E-state index contributed by atoms with van der Waals surface area (Å²) in [6, 6.07) is 3.87. The van der Waals surface area contributed by atoms with Crippen molar-refractivity contribution in [1.82, 2.24) is 5.32 Å². The molecule has 1 rings (SSSR count). The first-order valence-corrected chi connectivity index (χ1v) is 8.10. The summed E-state index contributed by atoms with van der Waals surface area (Å²) in [7, 11) is 3.21. The molecular formula is C14H22ClNO2S. The highest BCUT2D eigenvalue weighted by molar-refractivity contribution is 7.98. The minimum Gasteiger partial charge on any atom is -0.493 e. The van der Waals surface area contributed by atoms with Crippen molar-refractivity contribution in [2.24, 2.45) is 0 Å². The third kappa shape index (κ3) is 5.51. The van der Waals surface area contributed by atoms with E-state index in [9.17, 15) is 0 Å². The fourth-order valence-corrected chi connectivity index (χ4v) is 2.61. The highest BCUT2D eigenvalue weighted by Gasteiger charge is 2.10. The number of rotatable bonds is 9. The maximum absolute atomic E-state index is 6.16. The molecule has 1 aromatic rings. The third-order valence-electron chi connectivity index (χ3n) is 2.77. The Balaban J connectivity index is 2.48. The fourth-order valence-electron chi connectivity index (χ4n) is 1.80. The molecule has 1 aromatic carbocycles. The standard InChI is InChI=1S/C14H22ClNO2S/c1-17-13-9-11(8-12(15)14(13)18-2)10-16-6-4-5-7-19-3/h8-9,16H,4-7,10H2,1-3H3. The third-order valence-corrected chi connectivity index (χ3v) is 3.75. The monoisotopic (exact) mass is 303 g/mol. The van der Waals surface area contributed by atoms with Gasteiger partial charge in [-0.2, -0.15) is 11.8 Å². The summed E-state index contributed by atoms with van der Waals surface area (Å²) in [6.45, 7) is 1.81. The number of halogens is 1. The van der Waals surface area contributed by atoms with Gasteiger partial charge in [0, 0.05) is 6.54 Å². The lowest BCUT2D eigenvalue weighted by atomic mass is 10.2. The summed E-state index contributed by atoms with van der Waals surface area (Å²) >= 11 is 8.05. The van der Waals surface area contributed by atoms with Crippen LogP contribution in [-0.4, -0.2) is 32.8 Å². The minimum absolute atomic E-state index is 0.584. The van der Waals surface area contributed by atoms with Crippen LogP contribution in [-0.2, 0) is 6.54 Å². The van der Waals surface area contributed by atoms with Crippen LogP contribution < -0.4 is 14.8 Å². The van der Waals surface area contributed by atoms with Crippen LogP contribution in [0.1, 0.15) is 18.4 Å². The zero-order chi connectivity index (χ0) is 14.1. The van der Waals surface area contributed by atoms with Crippen LogP contribution in [0, 0.1) is 0 Å². The van der Waals surface area contributed by atoms with Gasteiger partial charge in [0.15, 0.2) is 11.5 Å². The molecule has 19 heavy (non-hydrogen) atoms. The lowest BCUT2D eigenvalue weighted by Crippen LogP contribution is -2.15. The van der Waals surface area contributed by atoms with Gasteiger partial charge in [0.05, 0.1) is 19.2 Å². The largest absolute Gasteiger partial charge is 0.493 e. The summed E-state index contributed by atoms with van der Waals surface area (Å²) in [5.41, 5.74) is 1.10. The smallest absolute Gasteiger partial charge is 0.179 e. The molecule has 0 atom stereocenters. The quantitative estimate of drug-likeness (QED) is 0.706. The van der Waals surface area contributed by atoms with E-state index in [0.717, 1.165) is 18.7 Å². The van der Waals surface area contributed by atoms with E-state index in [0.29, 0.717) is 16.5 Å². The van der Waals surface area contributed by atoms with E-state index in [-0.39, 0.29) is 0 Å². The van der Waals surface area contributed by atoms with E-state index < -0.39 is 0 Å². The Kier molecular flexibility index (Phi) is 8.10. The van der Waals surface area contributed by atoms with Crippen molar-refractivity contribution in [3.63, 3.8) is 0 Å². The highest BCUT2D eigenvalue weighted by atomic mass is 35.5. The predicted octanol–water partition coefficient (Wildman–Crippen LogP) is 3.59. The summed E-state index contributed by atoms with van der Waals surface area (Å²) in [4.78, 5) is 0. The molecule has 3 nitrogen and oxygen atoms in total. The van der Waals surface area contributed by atoms with Crippen molar-refractivity contribution in [3.8, 4) is 11.5 Å². The number of methoxy groups -OCH3 is 2. The zero-order valence-corrected chi connectivity index (χ0v) is 13.4. The molecular weight excluding hydrogens is 282 g/mol. The zero-order valence-electron chi connectivity index (χ0n) is 11.8. The number of ether oxygens (including phenoxy) is 2. The molecule has 0 amide bonds. The summed E-state index contributed by atoms with van der Waals surface area (Å²) in [5.74, 6) is 2.49. The van der Waals surface area contributed by atoms with Crippen LogP contribution in [0.15, 0.2) is 12.1 Å². The molecule has 0 spiro atoms. The number of hydrogen-bond donors (Lipinski definition) is 1. The van der Waals surface area contributed by atoms with Gasteiger partial charge < -0.3 is 14.8 Å². The number of unbranched alkanes of at least 4 members (excludes halogenated alkanes) is 1. The summed E-state index contributed by atoms with van der Waals surface area (Å²) in [6.07, 6.45) is 4.59. The van der Waals surface area contributed by atoms with Gasteiger partial charge >= 0.3 is 0 Å². The second-order valence-corrected chi connectivity index (χ2v) is 5.58. The molecule has 1 N–H and O–H groups in total. The van der Waals surface area contributed by atoms with Gasteiger partial charge in [-0.05, 0) is 49.1 Å². The maximum atomic E-state index is 6.16.